The molecule has 0 radical (unpaired) electrons. The second-order valence-electron chi connectivity index (χ2n) is 17.7. The highest BCUT2D eigenvalue weighted by atomic mass is 32.2. The first-order valence-electron chi connectivity index (χ1n) is 20.8. The van der Waals surface area contributed by atoms with Crippen molar-refractivity contribution in [3.63, 3.8) is 0 Å². The topological polar surface area (TPSA) is 187 Å². The van der Waals surface area contributed by atoms with Crippen molar-refractivity contribution in [1.82, 2.24) is 28.5 Å². The number of carbonyl (C=O) groups is 5. The highest BCUT2D eigenvalue weighted by Crippen LogP contribution is 2.57. The van der Waals surface area contributed by atoms with E-state index in [2.05, 4.69) is 9.71 Å². The summed E-state index contributed by atoms with van der Waals surface area (Å²) in [6, 6.07) is 4.49. The predicted octanol–water partition coefficient (Wildman–Crippen LogP) is 5.99. The minimum atomic E-state index is -4.15. The number of carbonyl (C=O) groups excluding carboxylic acids is 5. The van der Waals surface area contributed by atoms with Crippen LogP contribution in [-0.4, -0.2) is 99.9 Å². The molecular weight excluding hydrogens is 809 g/mol. The van der Waals surface area contributed by atoms with E-state index in [0.717, 1.165) is 22.2 Å². The van der Waals surface area contributed by atoms with Gasteiger partial charge in [0.05, 0.1) is 34.9 Å². The molecule has 2 fully saturated rings. The van der Waals surface area contributed by atoms with Gasteiger partial charge in [0.1, 0.15) is 17.2 Å². The third-order valence-electron chi connectivity index (χ3n) is 11.5. The van der Waals surface area contributed by atoms with E-state index in [1.165, 1.54) is 30.3 Å². The van der Waals surface area contributed by atoms with Gasteiger partial charge in [-0.05, 0) is 78.4 Å². The summed E-state index contributed by atoms with van der Waals surface area (Å²) in [5.41, 5.74) is -0.451. The third kappa shape index (κ3) is 10.3. The molecule has 0 bridgehead atoms. The normalized spacial score (nSPS) is 24.7. The van der Waals surface area contributed by atoms with Crippen LogP contribution in [0.1, 0.15) is 120 Å². The number of aromatic nitrogens is 3. The molecule has 3 aromatic rings. The fourth-order valence-corrected chi connectivity index (χ4v) is 9.55. The van der Waals surface area contributed by atoms with Crippen molar-refractivity contribution in [1.29, 1.82) is 0 Å². The van der Waals surface area contributed by atoms with Gasteiger partial charge in [-0.2, -0.15) is 17.7 Å². The number of fused-ring (bicyclic) bond motifs is 3. The zero-order valence-corrected chi connectivity index (χ0v) is 37.3. The van der Waals surface area contributed by atoms with Gasteiger partial charge in [-0.15, -0.1) is 11.3 Å². The molecule has 17 heteroatoms. The van der Waals surface area contributed by atoms with Crippen LogP contribution in [-0.2, 0) is 40.5 Å². The average Bonchev–Trinajstić information content (AvgIpc) is 3.55. The number of nitrogens with one attached hydrogen (secondary N) is 1. The van der Waals surface area contributed by atoms with E-state index in [-0.39, 0.29) is 68.3 Å². The monoisotopic (exact) mass is 866 g/mol. The summed E-state index contributed by atoms with van der Waals surface area (Å²) in [6.07, 6.45) is 8.87. The number of imidazole rings is 1. The van der Waals surface area contributed by atoms with Crippen molar-refractivity contribution in [2.75, 3.05) is 20.6 Å². The van der Waals surface area contributed by atoms with E-state index in [0.29, 0.717) is 42.3 Å². The Labute approximate surface area is 356 Å². The van der Waals surface area contributed by atoms with Crippen LogP contribution in [0.15, 0.2) is 41.9 Å². The number of para-hydroxylation sites is 1. The maximum absolute atomic E-state index is 14.7. The molecule has 0 spiro atoms. The summed E-state index contributed by atoms with van der Waals surface area (Å²) >= 11 is 1.50. The van der Waals surface area contributed by atoms with Gasteiger partial charge in [0.2, 0.25) is 11.8 Å². The molecule has 1 aliphatic carbocycles. The van der Waals surface area contributed by atoms with Crippen LogP contribution in [0.3, 0.4) is 0 Å². The second kappa shape index (κ2) is 18.2. The van der Waals surface area contributed by atoms with Crippen molar-refractivity contribution in [2.24, 2.45) is 17.3 Å². The lowest BCUT2D eigenvalue weighted by Gasteiger charge is -2.29. The molecule has 1 saturated carbocycles. The number of thiazole rings is 1. The van der Waals surface area contributed by atoms with Gasteiger partial charge in [0.25, 0.3) is 6.01 Å². The molecule has 2 aromatic heterocycles. The van der Waals surface area contributed by atoms with Crippen LogP contribution < -0.4 is 9.46 Å². The molecule has 0 unspecified atom stereocenters. The fourth-order valence-electron chi connectivity index (χ4n) is 8.31. The number of Topliss-reactive ketones (excluding diaryl/α,β-unsaturated/α-hetero) is 2. The number of ketones is 2. The number of nitrogens with zero attached hydrogens (tertiary/aromatic N) is 5. The number of rotatable bonds is 12. The number of hydrogen-bond donors (Lipinski definition) is 1. The van der Waals surface area contributed by atoms with Crippen molar-refractivity contribution >= 4 is 61.9 Å². The molecule has 1 N–H and O–H groups in total. The number of allylic oxidation sites excluding steroid dienone is 2. The van der Waals surface area contributed by atoms with E-state index in [9.17, 15) is 32.4 Å². The summed E-state index contributed by atoms with van der Waals surface area (Å²) in [6.45, 7) is 9.24. The van der Waals surface area contributed by atoms with Crippen LogP contribution in [0.2, 0.25) is 0 Å². The van der Waals surface area contributed by atoms with Crippen molar-refractivity contribution in [2.45, 2.75) is 129 Å². The van der Waals surface area contributed by atoms with E-state index in [4.69, 9.17) is 14.5 Å². The van der Waals surface area contributed by atoms with E-state index in [1.54, 1.807) is 33.0 Å². The Bertz CT molecular complexity index is 2230. The third-order valence-corrected chi connectivity index (χ3v) is 13.7. The van der Waals surface area contributed by atoms with E-state index < -0.39 is 56.9 Å². The predicted molar refractivity (Wildman–Crippen MR) is 227 cm³/mol. The Morgan fingerprint density at radius 2 is 1.88 bits per heavy atom. The smallest absolute Gasteiger partial charge is 0.307 e. The van der Waals surface area contributed by atoms with Gasteiger partial charge in [-0.25, -0.2) is 9.71 Å². The van der Waals surface area contributed by atoms with Crippen LogP contribution in [0.5, 0.6) is 6.01 Å². The first kappa shape index (κ1) is 45.1. The fraction of sp³-hybridized carbons (Fsp3) is 0.605. The largest absolute Gasteiger partial charge is 0.460 e. The van der Waals surface area contributed by atoms with Crippen LogP contribution in [0.4, 0.5) is 0 Å². The Hall–Kier alpha value is -4.48. The van der Waals surface area contributed by atoms with Gasteiger partial charge >= 0.3 is 16.2 Å². The van der Waals surface area contributed by atoms with Gasteiger partial charge in [-0.3, -0.25) is 28.5 Å². The highest BCUT2D eigenvalue weighted by molar-refractivity contribution is 7.87. The molecule has 15 nitrogen and oxygen atoms in total. The quantitative estimate of drug-likeness (QED) is 0.128. The lowest BCUT2D eigenvalue weighted by molar-refractivity contribution is -0.159. The number of benzene rings is 1. The zero-order valence-electron chi connectivity index (χ0n) is 35.6. The number of hydrogen-bond acceptors (Lipinski definition) is 12. The van der Waals surface area contributed by atoms with E-state index >= 15 is 0 Å². The molecule has 1 saturated heterocycles. The van der Waals surface area contributed by atoms with Crippen molar-refractivity contribution in [3.05, 3.63) is 52.5 Å². The molecule has 2 aliphatic heterocycles. The van der Waals surface area contributed by atoms with Crippen LogP contribution >= 0.6 is 11.3 Å². The van der Waals surface area contributed by atoms with Gasteiger partial charge in [-0.1, -0.05) is 31.1 Å². The molecule has 2 amide bonds. The molecule has 1 aromatic carbocycles. The van der Waals surface area contributed by atoms with Gasteiger partial charge < -0.3 is 14.4 Å². The summed E-state index contributed by atoms with van der Waals surface area (Å²) in [5.74, 6) is -3.30. The zero-order chi connectivity index (χ0) is 43.6. The van der Waals surface area contributed by atoms with Crippen LogP contribution in [0.25, 0.3) is 11.0 Å². The summed E-state index contributed by atoms with van der Waals surface area (Å²) in [4.78, 5) is 80.7. The Balaban J connectivity index is 1.33. The highest BCUT2D eigenvalue weighted by Gasteiger charge is 2.61. The molecule has 326 valence electrons. The maximum atomic E-state index is 14.7. The lowest BCUT2D eigenvalue weighted by atomic mass is 9.90. The van der Waals surface area contributed by atoms with Crippen molar-refractivity contribution < 1.29 is 41.9 Å². The number of ether oxygens (including phenoxy) is 2. The lowest BCUT2D eigenvalue weighted by Crippen LogP contribution is -2.47. The minimum absolute atomic E-state index is 0.00149. The van der Waals surface area contributed by atoms with Crippen molar-refractivity contribution in [3.8, 4) is 6.01 Å². The number of esters is 1. The molecule has 5 atom stereocenters. The molecule has 60 heavy (non-hydrogen) atoms. The van der Waals surface area contributed by atoms with Crippen LogP contribution in [0, 0.1) is 17.3 Å². The average molecular weight is 867 g/mol. The molecular formula is C43H58N6O9S2. The summed E-state index contributed by atoms with van der Waals surface area (Å²) in [7, 11) is -1.53. The SMILES string of the molecule is CC(C)n1c(O[C@@H]2C[C@H]3C(=O)C[C@]4(C(=O)NS(=O)(=O)N(C)C)C[C@@H]4/C=C\CCCCC[C@H](CC(=O)OC(C)(C)C)C(=O)N3C2)nc2c(C(=O)CCc3nccs3)cccc21. The van der Waals surface area contributed by atoms with E-state index in [1.807, 2.05) is 48.1 Å². The van der Waals surface area contributed by atoms with Gasteiger partial charge in [0, 0.05) is 68.9 Å². The minimum Gasteiger partial charge on any atom is -0.460 e. The molecule has 6 rings (SSSR count). The summed E-state index contributed by atoms with van der Waals surface area (Å²) in [5, 5.41) is 2.74. The first-order valence-corrected chi connectivity index (χ1v) is 23.2. The Morgan fingerprint density at radius 3 is 2.57 bits per heavy atom. The standard InChI is InChI=1S/C43H58N6O9S2/c1-27(2)49-32-17-13-16-31(34(50)18-19-36-44-20-21-59-36)38(32)45-41(49)57-30-23-33-35(51)25-43(40(54)46-60(55,56)47(6)7)24-29(43)15-12-10-8-9-11-14-28(39(53)48(33)26-30)22-37(52)58-42(3,4)5/h12-13,15-17,20-21,27-30,33H,8-11,14,18-19,22-26H2,1-7H3,(H,46,54)/b15-12-/t28-,29+,30-,33+,43-/m1/s1. The Kier molecular flexibility index (Phi) is 13.7. The second-order valence-corrected chi connectivity index (χ2v) is 20.6. The first-order chi connectivity index (χ1) is 28.3. The Morgan fingerprint density at radius 1 is 1.12 bits per heavy atom. The summed E-state index contributed by atoms with van der Waals surface area (Å²) < 4.78 is 42.9. The number of aryl methyl sites for hydroxylation is 1. The van der Waals surface area contributed by atoms with Gasteiger partial charge in [0.15, 0.2) is 11.6 Å². The molecule has 3 aliphatic rings. The maximum Gasteiger partial charge on any atom is 0.307 e. The molecule has 4 heterocycles. The number of amides is 2.